The zero-order valence-electron chi connectivity index (χ0n) is 16.1. The Bertz CT molecular complexity index is 1020. The van der Waals surface area contributed by atoms with E-state index in [2.05, 4.69) is 5.32 Å². The predicted octanol–water partition coefficient (Wildman–Crippen LogP) is 1.01. The number of amides is 3. The molecular formula is C22H19N2O6-. The normalized spacial score (nSPS) is 17.9. The van der Waals surface area contributed by atoms with E-state index in [4.69, 9.17) is 4.74 Å². The summed E-state index contributed by atoms with van der Waals surface area (Å²) in [6, 6.07) is 10.7. The van der Waals surface area contributed by atoms with Crippen molar-refractivity contribution in [2.24, 2.45) is 0 Å². The molecule has 3 amide bonds. The maximum Gasteiger partial charge on any atom is 0.261 e. The van der Waals surface area contributed by atoms with Gasteiger partial charge in [-0.3, -0.25) is 19.3 Å². The molecule has 0 radical (unpaired) electrons. The molecule has 8 heteroatoms. The largest absolute Gasteiger partial charge is 0.550 e. The molecule has 1 atom stereocenters. The fourth-order valence-corrected chi connectivity index (χ4v) is 3.67. The molecule has 1 fully saturated rings. The Labute approximate surface area is 172 Å². The van der Waals surface area contributed by atoms with E-state index >= 15 is 0 Å². The first-order chi connectivity index (χ1) is 14.4. The van der Waals surface area contributed by atoms with Crippen LogP contribution in [-0.4, -0.2) is 47.8 Å². The van der Waals surface area contributed by atoms with Crippen LogP contribution in [0.2, 0.25) is 0 Å². The van der Waals surface area contributed by atoms with Crippen LogP contribution in [0.25, 0.3) is 0 Å². The van der Waals surface area contributed by atoms with Gasteiger partial charge in [-0.05, 0) is 48.7 Å². The highest BCUT2D eigenvalue weighted by Crippen LogP contribution is 2.26. The summed E-state index contributed by atoms with van der Waals surface area (Å²) < 4.78 is 5.52. The summed E-state index contributed by atoms with van der Waals surface area (Å²) in [5.74, 6) is -2.42. The predicted molar refractivity (Wildman–Crippen MR) is 104 cm³/mol. The molecule has 1 N–H and O–H groups in total. The quantitative estimate of drug-likeness (QED) is 0.715. The third-order valence-electron chi connectivity index (χ3n) is 5.20. The number of aliphatic carboxylic acids is 1. The molecule has 0 saturated carbocycles. The van der Waals surface area contributed by atoms with Crippen LogP contribution in [0.3, 0.4) is 0 Å². The highest BCUT2D eigenvalue weighted by molar-refractivity contribution is 6.22. The smallest absolute Gasteiger partial charge is 0.261 e. The van der Waals surface area contributed by atoms with Gasteiger partial charge in [0.1, 0.15) is 0 Å². The molecule has 4 rings (SSSR count). The number of rotatable bonds is 6. The fourth-order valence-electron chi connectivity index (χ4n) is 3.67. The van der Waals surface area contributed by atoms with Gasteiger partial charge in [0.15, 0.2) is 0 Å². The van der Waals surface area contributed by atoms with Gasteiger partial charge in [0.2, 0.25) is 0 Å². The van der Waals surface area contributed by atoms with Crippen molar-refractivity contribution in [2.45, 2.75) is 25.4 Å². The molecule has 2 aromatic rings. The number of hydrogen-bond donors (Lipinski definition) is 1. The van der Waals surface area contributed by atoms with Gasteiger partial charge < -0.3 is 20.0 Å². The van der Waals surface area contributed by atoms with Crippen LogP contribution in [0.5, 0.6) is 0 Å². The first-order valence-electron chi connectivity index (χ1n) is 9.64. The molecule has 2 aromatic carbocycles. The minimum atomic E-state index is -1.18. The fraction of sp³-hybridized carbons (Fsp3) is 0.273. The van der Waals surface area contributed by atoms with E-state index in [-0.39, 0.29) is 41.7 Å². The summed E-state index contributed by atoms with van der Waals surface area (Å²) >= 11 is 0. The number of imide groups is 1. The molecule has 1 saturated heterocycles. The summed E-state index contributed by atoms with van der Waals surface area (Å²) in [4.78, 5) is 49.7. The van der Waals surface area contributed by atoms with Crippen LogP contribution >= 0.6 is 0 Å². The van der Waals surface area contributed by atoms with Crippen molar-refractivity contribution in [1.29, 1.82) is 0 Å². The lowest BCUT2D eigenvalue weighted by Gasteiger charge is -2.17. The minimum Gasteiger partial charge on any atom is -0.550 e. The number of carbonyl (C=O) groups excluding carboxylic acids is 4. The van der Waals surface area contributed by atoms with Gasteiger partial charge in [-0.2, -0.15) is 0 Å². The number of carboxylic acid groups (broad SMARTS) is 1. The molecule has 0 spiro atoms. The molecule has 2 heterocycles. The van der Waals surface area contributed by atoms with Crippen LogP contribution in [0.4, 0.5) is 5.69 Å². The van der Waals surface area contributed by atoms with Gasteiger partial charge in [-0.25, -0.2) is 0 Å². The van der Waals surface area contributed by atoms with E-state index in [1.165, 1.54) is 23.1 Å². The first kappa shape index (κ1) is 19.8. The summed E-state index contributed by atoms with van der Waals surface area (Å²) in [5.41, 5.74) is 1.76. The van der Waals surface area contributed by atoms with Gasteiger partial charge in [0.05, 0.1) is 23.8 Å². The minimum absolute atomic E-state index is 0.144. The van der Waals surface area contributed by atoms with Crippen molar-refractivity contribution < 1.29 is 29.0 Å². The number of carbonyl (C=O) groups is 4. The number of benzene rings is 2. The lowest BCUT2D eigenvalue weighted by molar-refractivity contribution is -0.304. The van der Waals surface area contributed by atoms with Crippen LogP contribution in [0.15, 0.2) is 42.5 Å². The average molecular weight is 407 g/mol. The number of nitrogens with one attached hydrogen (secondary N) is 1. The van der Waals surface area contributed by atoms with Crippen molar-refractivity contribution in [2.75, 3.05) is 18.5 Å². The molecule has 2 aliphatic heterocycles. The third-order valence-corrected chi connectivity index (χ3v) is 5.20. The van der Waals surface area contributed by atoms with Gasteiger partial charge in [-0.15, -0.1) is 0 Å². The van der Waals surface area contributed by atoms with Crippen molar-refractivity contribution in [1.82, 2.24) is 4.90 Å². The highest BCUT2D eigenvalue weighted by atomic mass is 16.5. The van der Waals surface area contributed by atoms with Gasteiger partial charge >= 0.3 is 0 Å². The van der Waals surface area contributed by atoms with E-state index in [0.717, 1.165) is 12.8 Å². The third kappa shape index (κ3) is 3.95. The summed E-state index contributed by atoms with van der Waals surface area (Å²) in [6.45, 7) is 0.846. The number of hydrogen-bond acceptors (Lipinski definition) is 6. The Morgan fingerprint density at radius 3 is 2.47 bits per heavy atom. The molecular weight excluding hydrogens is 388 g/mol. The van der Waals surface area contributed by atoms with E-state index in [9.17, 15) is 24.3 Å². The second-order valence-corrected chi connectivity index (χ2v) is 7.32. The Morgan fingerprint density at radius 2 is 1.80 bits per heavy atom. The maximum absolute atomic E-state index is 12.7. The van der Waals surface area contributed by atoms with Crippen LogP contribution in [0, 0.1) is 0 Å². The van der Waals surface area contributed by atoms with Gasteiger partial charge in [-0.1, -0.05) is 12.1 Å². The Hall–Kier alpha value is -3.52. The number of fused-ring (bicyclic) bond motifs is 1. The van der Waals surface area contributed by atoms with E-state index in [1.54, 1.807) is 24.3 Å². The zero-order chi connectivity index (χ0) is 21.3. The molecule has 154 valence electrons. The highest BCUT2D eigenvalue weighted by Gasteiger charge is 2.37. The van der Waals surface area contributed by atoms with Crippen molar-refractivity contribution in [3.63, 3.8) is 0 Å². The summed E-state index contributed by atoms with van der Waals surface area (Å²) in [5, 5.41) is 13.3. The van der Waals surface area contributed by atoms with E-state index < -0.39 is 17.8 Å². The zero-order valence-corrected chi connectivity index (χ0v) is 16.1. The summed E-state index contributed by atoms with van der Waals surface area (Å²) in [6.07, 6.45) is 1.36. The molecule has 8 nitrogen and oxygen atoms in total. The molecule has 30 heavy (non-hydrogen) atoms. The lowest BCUT2D eigenvalue weighted by atomic mass is 10.1. The monoisotopic (exact) mass is 407 g/mol. The summed E-state index contributed by atoms with van der Waals surface area (Å²) in [7, 11) is 0. The second kappa shape index (κ2) is 8.08. The molecule has 0 aromatic heterocycles. The van der Waals surface area contributed by atoms with Crippen LogP contribution < -0.4 is 10.4 Å². The Balaban J connectivity index is 1.47. The average Bonchev–Trinajstić information content (AvgIpc) is 3.32. The SMILES string of the molecule is O=C([O-])Cc1ccc(NC(=O)c2ccc3c(c2)C(=O)N(C[C@H]2CCCO2)C3=O)cc1. The van der Waals surface area contributed by atoms with Crippen LogP contribution in [0.1, 0.15) is 49.5 Å². The van der Waals surface area contributed by atoms with Crippen LogP contribution in [-0.2, 0) is 16.0 Å². The van der Waals surface area contributed by atoms with Gasteiger partial charge in [0.25, 0.3) is 17.7 Å². The van der Waals surface area contributed by atoms with E-state index in [0.29, 0.717) is 17.9 Å². The number of anilines is 1. The van der Waals surface area contributed by atoms with E-state index in [1.807, 2.05) is 0 Å². The Kier molecular flexibility index (Phi) is 5.33. The number of carboxylic acids is 1. The second-order valence-electron chi connectivity index (χ2n) is 7.32. The molecule has 2 aliphatic rings. The topological polar surface area (TPSA) is 116 Å². The van der Waals surface area contributed by atoms with Gasteiger partial charge in [0, 0.05) is 30.2 Å². The molecule has 0 bridgehead atoms. The Morgan fingerprint density at radius 1 is 1.07 bits per heavy atom. The van der Waals surface area contributed by atoms with Crippen molar-refractivity contribution >= 4 is 29.4 Å². The first-order valence-corrected chi connectivity index (χ1v) is 9.64. The standard InChI is InChI=1S/C22H20N2O6/c25-19(26)10-13-3-6-15(7-4-13)23-20(27)14-5-8-17-18(11-14)22(29)24(21(17)28)12-16-2-1-9-30-16/h3-8,11,16H,1-2,9-10,12H2,(H,23,27)(H,25,26)/p-1/t16-/m1/s1. The number of nitrogens with zero attached hydrogens (tertiary/aromatic N) is 1. The molecule has 0 aliphatic carbocycles. The van der Waals surface area contributed by atoms with Crippen molar-refractivity contribution in [3.8, 4) is 0 Å². The number of ether oxygens (including phenoxy) is 1. The lowest BCUT2D eigenvalue weighted by Crippen LogP contribution is -2.36. The maximum atomic E-state index is 12.7. The molecule has 0 unspecified atom stereocenters. The van der Waals surface area contributed by atoms with Crippen molar-refractivity contribution in [3.05, 3.63) is 64.7 Å².